The zero-order valence-electron chi connectivity index (χ0n) is 18.5. The van der Waals surface area contributed by atoms with E-state index < -0.39 is 15.9 Å². The second kappa shape index (κ2) is 10.2. The summed E-state index contributed by atoms with van der Waals surface area (Å²) in [6.07, 6.45) is 0. The zero-order chi connectivity index (χ0) is 24.1. The van der Waals surface area contributed by atoms with Crippen LogP contribution in [0.2, 0.25) is 0 Å². The summed E-state index contributed by atoms with van der Waals surface area (Å²) in [6.45, 7) is 1.11. The lowest BCUT2D eigenvalue weighted by atomic mass is 10.1. The number of benzene rings is 3. The van der Waals surface area contributed by atoms with Crippen molar-refractivity contribution >= 4 is 33.0 Å². The fourth-order valence-electron chi connectivity index (χ4n) is 3.56. The summed E-state index contributed by atoms with van der Waals surface area (Å²) in [5, 5.41) is 5.86. The number of sulfonamides is 1. The Bertz CT molecular complexity index is 1280. The largest absolute Gasteiger partial charge is 0.495 e. The first-order valence-corrected chi connectivity index (χ1v) is 12.0. The van der Waals surface area contributed by atoms with E-state index >= 15 is 0 Å². The van der Waals surface area contributed by atoms with Gasteiger partial charge in [-0.05, 0) is 54.6 Å². The van der Waals surface area contributed by atoms with Gasteiger partial charge in [0.05, 0.1) is 31.6 Å². The minimum absolute atomic E-state index is 0.0348. The number of methoxy groups -OCH3 is 1. The van der Waals surface area contributed by atoms with Crippen LogP contribution in [-0.4, -0.2) is 52.0 Å². The van der Waals surface area contributed by atoms with Crippen LogP contribution in [0.15, 0.2) is 71.6 Å². The van der Waals surface area contributed by atoms with E-state index in [2.05, 4.69) is 10.6 Å². The molecule has 2 N–H and O–H groups in total. The van der Waals surface area contributed by atoms with E-state index in [0.29, 0.717) is 35.8 Å². The van der Waals surface area contributed by atoms with Crippen LogP contribution in [-0.2, 0) is 14.8 Å². The first kappa shape index (κ1) is 23.7. The molecule has 178 valence electrons. The number of hydrogen-bond donors (Lipinski definition) is 2. The second-order valence-corrected chi connectivity index (χ2v) is 9.42. The fourth-order valence-corrected chi connectivity index (χ4v) is 5.15. The van der Waals surface area contributed by atoms with Crippen molar-refractivity contribution in [1.29, 1.82) is 0 Å². The number of ether oxygens (including phenoxy) is 2. The van der Waals surface area contributed by atoms with Crippen LogP contribution in [0.25, 0.3) is 0 Å². The number of rotatable bonds is 7. The number of morpholine rings is 1. The molecule has 0 spiro atoms. The molecule has 0 aliphatic carbocycles. The summed E-state index contributed by atoms with van der Waals surface area (Å²) in [7, 11) is -2.45. The molecule has 0 bridgehead atoms. The molecule has 10 heteroatoms. The minimum Gasteiger partial charge on any atom is -0.495 e. The van der Waals surface area contributed by atoms with E-state index in [1.807, 2.05) is 0 Å². The van der Waals surface area contributed by atoms with E-state index in [-0.39, 0.29) is 29.6 Å². The predicted molar refractivity (Wildman–Crippen MR) is 127 cm³/mol. The average molecular weight is 486 g/mol. The molecule has 34 heavy (non-hydrogen) atoms. The Kier molecular flexibility index (Phi) is 7.11. The third-order valence-electron chi connectivity index (χ3n) is 5.30. The van der Waals surface area contributed by atoms with Crippen LogP contribution in [0.4, 0.5) is 21.5 Å². The topological polar surface area (TPSA) is 97.0 Å². The van der Waals surface area contributed by atoms with Crippen LogP contribution >= 0.6 is 0 Å². The number of nitrogens with one attached hydrogen (secondary N) is 2. The number of amides is 1. The van der Waals surface area contributed by atoms with Crippen molar-refractivity contribution in [2.45, 2.75) is 4.90 Å². The molecule has 1 heterocycles. The third kappa shape index (κ3) is 5.19. The Hall–Kier alpha value is -3.47. The molecule has 0 unspecified atom stereocenters. The number of carbonyl (C=O) groups excluding carboxylic acids is 1. The van der Waals surface area contributed by atoms with Crippen LogP contribution in [0, 0.1) is 5.82 Å². The lowest BCUT2D eigenvalue weighted by molar-refractivity contribution is 0.0729. The van der Waals surface area contributed by atoms with Gasteiger partial charge in [0, 0.05) is 24.5 Å². The molecule has 3 aromatic rings. The van der Waals surface area contributed by atoms with Crippen molar-refractivity contribution in [1.82, 2.24) is 4.31 Å². The molecule has 0 radical (unpaired) electrons. The number of para-hydroxylation sites is 1. The highest BCUT2D eigenvalue weighted by Crippen LogP contribution is 2.31. The lowest BCUT2D eigenvalue weighted by Gasteiger charge is -2.26. The summed E-state index contributed by atoms with van der Waals surface area (Å²) in [6, 6.07) is 17.1. The SMILES string of the molecule is COc1ccc(NC(=O)c2ccccc2Nc2ccc(F)cc2)cc1S(=O)(=O)N1CCOCC1. The van der Waals surface area contributed by atoms with Gasteiger partial charge in [-0.3, -0.25) is 4.79 Å². The normalized spacial score (nSPS) is 14.4. The third-order valence-corrected chi connectivity index (χ3v) is 7.22. The van der Waals surface area contributed by atoms with Gasteiger partial charge in [-0.25, -0.2) is 12.8 Å². The smallest absolute Gasteiger partial charge is 0.257 e. The fraction of sp³-hybridized carbons (Fsp3) is 0.208. The van der Waals surface area contributed by atoms with Crippen molar-refractivity contribution in [3.8, 4) is 5.75 Å². The Labute approximate surface area is 197 Å². The van der Waals surface area contributed by atoms with Crippen molar-refractivity contribution in [2.75, 3.05) is 44.0 Å². The summed E-state index contributed by atoms with van der Waals surface area (Å²) in [4.78, 5) is 13.0. The first-order valence-electron chi connectivity index (χ1n) is 10.6. The van der Waals surface area contributed by atoms with Crippen molar-refractivity contribution in [3.63, 3.8) is 0 Å². The van der Waals surface area contributed by atoms with Crippen molar-refractivity contribution < 1.29 is 27.1 Å². The minimum atomic E-state index is -3.85. The van der Waals surface area contributed by atoms with E-state index in [4.69, 9.17) is 9.47 Å². The van der Waals surface area contributed by atoms with Gasteiger partial charge in [0.25, 0.3) is 5.91 Å². The summed E-state index contributed by atoms with van der Waals surface area (Å²) < 4.78 is 51.5. The predicted octanol–water partition coefficient (Wildman–Crippen LogP) is 3.85. The Balaban J connectivity index is 1.59. The monoisotopic (exact) mass is 485 g/mol. The molecule has 1 aliphatic heterocycles. The quantitative estimate of drug-likeness (QED) is 0.528. The maximum atomic E-state index is 13.2. The molecule has 1 fully saturated rings. The lowest BCUT2D eigenvalue weighted by Crippen LogP contribution is -2.40. The van der Waals surface area contributed by atoms with Gasteiger partial charge >= 0.3 is 0 Å². The molecule has 0 saturated carbocycles. The Morgan fingerprint density at radius 1 is 1.00 bits per heavy atom. The molecule has 8 nitrogen and oxygen atoms in total. The van der Waals surface area contributed by atoms with Gasteiger partial charge in [-0.15, -0.1) is 0 Å². The second-order valence-electron chi connectivity index (χ2n) is 7.51. The van der Waals surface area contributed by atoms with Crippen LogP contribution in [0.3, 0.4) is 0 Å². The molecular formula is C24H24FN3O5S. The summed E-state index contributed by atoms with van der Waals surface area (Å²) >= 11 is 0. The average Bonchev–Trinajstić information content (AvgIpc) is 2.86. The number of hydrogen-bond acceptors (Lipinski definition) is 6. The summed E-state index contributed by atoms with van der Waals surface area (Å²) in [5.74, 6) is -0.619. The standard InChI is InChI=1S/C24H24FN3O5S/c1-32-22-11-10-19(16-23(22)34(30,31)28-12-14-33-15-13-28)27-24(29)20-4-2-3-5-21(20)26-18-8-6-17(25)7-9-18/h2-11,16,26H,12-15H2,1H3,(H,27,29). The molecule has 4 rings (SSSR count). The number of nitrogens with zero attached hydrogens (tertiary/aromatic N) is 1. The van der Waals surface area contributed by atoms with Gasteiger partial charge < -0.3 is 20.1 Å². The van der Waals surface area contributed by atoms with Gasteiger partial charge in [-0.2, -0.15) is 4.31 Å². The van der Waals surface area contributed by atoms with Crippen LogP contribution < -0.4 is 15.4 Å². The molecule has 0 atom stereocenters. The zero-order valence-corrected chi connectivity index (χ0v) is 19.3. The van der Waals surface area contributed by atoms with E-state index in [9.17, 15) is 17.6 Å². The summed E-state index contributed by atoms with van der Waals surface area (Å²) in [5.41, 5.74) is 1.76. The number of carbonyl (C=O) groups is 1. The van der Waals surface area contributed by atoms with Crippen molar-refractivity contribution in [2.24, 2.45) is 0 Å². The Morgan fingerprint density at radius 3 is 2.38 bits per heavy atom. The van der Waals surface area contributed by atoms with E-state index in [1.165, 1.54) is 35.7 Å². The van der Waals surface area contributed by atoms with E-state index in [1.54, 1.807) is 42.5 Å². The van der Waals surface area contributed by atoms with Crippen molar-refractivity contribution in [3.05, 3.63) is 78.1 Å². The first-order chi connectivity index (χ1) is 16.4. The maximum absolute atomic E-state index is 13.2. The van der Waals surface area contributed by atoms with Gasteiger partial charge in [0.2, 0.25) is 10.0 Å². The molecular weight excluding hydrogens is 461 g/mol. The molecule has 1 amide bonds. The Morgan fingerprint density at radius 2 is 1.68 bits per heavy atom. The molecule has 0 aromatic heterocycles. The number of anilines is 3. The highest BCUT2D eigenvalue weighted by atomic mass is 32.2. The van der Waals surface area contributed by atoms with E-state index in [0.717, 1.165) is 0 Å². The molecule has 1 aliphatic rings. The molecule has 3 aromatic carbocycles. The van der Waals surface area contributed by atoms with Gasteiger partial charge in [0.1, 0.15) is 16.5 Å². The van der Waals surface area contributed by atoms with Gasteiger partial charge in [0.15, 0.2) is 0 Å². The number of halogens is 1. The highest BCUT2D eigenvalue weighted by molar-refractivity contribution is 7.89. The highest BCUT2D eigenvalue weighted by Gasteiger charge is 2.29. The maximum Gasteiger partial charge on any atom is 0.257 e. The molecule has 1 saturated heterocycles. The van der Waals surface area contributed by atoms with Crippen LogP contribution in [0.5, 0.6) is 5.75 Å². The van der Waals surface area contributed by atoms with Gasteiger partial charge in [-0.1, -0.05) is 12.1 Å². The van der Waals surface area contributed by atoms with Crippen LogP contribution in [0.1, 0.15) is 10.4 Å².